The van der Waals surface area contributed by atoms with Gasteiger partial charge in [0.25, 0.3) is 0 Å². The number of hydrogen-bond donors (Lipinski definition) is 1. The zero-order valence-electron chi connectivity index (χ0n) is 17.4. The molecule has 1 aliphatic carbocycles. The van der Waals surface area contributed by atoms with Gasteiger partial charge in [-0.05, 0) is 48.2 Å². The molecule has 0 aliphatic heterocycles. The smallest absolute Gasteiger partial charge is 0.230 e. The molecule has 2 aromatic carbocycles. The van der Waals surface area contributed by atoms with Crippen LogP contribution in [0.15, 0.2) is 48.5 Å². The van der Waals surface area contributed by atoms with Crippen LogP contribution in [-0.2, 0) is 27.3 Å². The molecule has 1 aliphatic rings. The summed E-state index contributed by atoms with van der Waals surface area (Å²) >= 11 is 0. The zero-order valence-corrected chi connectivity index (χ0v) is 17.4. The van der Waals surface area contributed by atoms with Crippen LogP contribution < -0.4 is 10.2 Å². The number of halogens is 1. The summed E-state index contributed by atoms with van der Waals surface area (Å²) in [5, 5.41) is 2.80. The fourth-order valence-corrected chi connectivity index (χ4v) is 3.84. The predicted octanol–water partition coefficient (Wildman–Crippen LogP) is 3.85. The minimum atomic E-state index is -0.310. The van der Waals surface area contributed by atoms with Gasteiger partial charge in [-0.1, -0.05) is 37.1 Å². The standard InChI is InChI=1S/C24H29FN2O3/c1-30-14-13-26-23(28)16-18-9-11-22(12-10-18)27(24(29)20-6-2-3-7-20)17-19-5-4-8-21(25)15-19/h4-5,8-12,15,20H,2-3,6-7,13-14,16-17H2,1H3,(H,26,28). The van der Waals surface area contributed by atoms with Crippen LogP contribution >= 0.6 is 0 Å². The quantitative estimate of drug-likeness (QED) is 0.637. The number of methoxy groups -OCH3 is 1. The Kier molecular flexibility index (Phi) is 7.97. The van der Waals surface area contributed by atoms with Gasteiger partial charge in [-0.15, -0.1) is 0 Å². The van der Waals surface area contributed by atoms with Crippen molar-refractivity contribution < 1.29 is 18.7 Å². The Labute approximate surface area is 177 Å². The highest BCUT2D eigenvalue weighted by atomic mass is 19.1. The van der Waals surface area contributed by atoms with Gasteiger partial charge in [0.15, 0.2) is 0 Å². The Bertz CT molecular complexity index is 848. The molecular weight excluding hydrogens is 383 g/mol. The van der Waals surface area contributed by atoms with Crippen LogP contribution in [-0.4, -0.2) is 32.1 Å². The van der Waals surface area contributed by atoms with E-state index in [-0.39, 0.29) is 30.0 Å². The van der Waals surface area contributed by atoms with E-state index in [0.29, 0.717) is 19.7 Å². The van der Waals surface area contributed by atoms with Crippen LogP contribution in [0.5, 0.6) is 0 Å². The van der Waals surface area contributed by atoms with Gasteiger partial charge in [0.05, 0.1) is 19.6 Å². The molecule has 0 spiro atoms. The van der Waals surface area contributed by atoms with E-state index in [1.54, 1.807) is 18.1 Å². The number of amides is 2. The molecule has 0 bridgehead atoms. The van der Waals surface area contributed by atoms with E-state index in [9.17, 15) is 14.0 Å². The molecule has 0 saturated heterocycles. The van der Waals surface area contributed by atoms with Gasteiger partial charge in [0, 0.05) is 25.3 Å². The first-order valence-corrected chi connectivity index (χ1v) is 10.5. The molecule has 1 N–H and O–H groups in total. The molecule has 2 aromatic rings. The summed E-state index contributed by atoms with van der Waals surface area (Å²) < 4.78 is 18.6. The van der Waals surface area contributed by atoms with Crippen LogP contribution in [0.3, 0.4) is 0 Å². The SMILES string of the molecule is COCCNC(=O)Cc1ccc(N(Cc2cccc(F)c2)C(=O)C2CCCC2)cc1. The molecule has 0 aromatic heterocycles. The van der Waals surface area contributed by atoms with E-state index in [4.69, 9.17) is 4.74 Å². The molecule has 30 heavy (non-hydrogen) atoms. The fraction of sp³-hybridized carbons (Fsp3) is 0.417. The number of nitrogens with zero attached hydrogens (tertiary/aromatic N) is 1. The maximum absolute atomic E-state index is 13.7. The van der Waals surface area contributed by atoms with Crippen LogP contribution in [0.4, 0.5) is 10.1 Å². The number of hydrogen-bond acceptors (Lipinski definition) is 3. The molecule has 3 rings (SSSR count). The van der Waals surface area contributed by atoms with E-state index in [1.165, 1.54) is 12.1 Å². The lowest BCUT2D eigenvalue weighted by atomic mass is 10.0. The lowest BCUT2D eigenvalue weighted by molar-refractivity contribution is -0.122. The van der Waals surface area contributed by atoms with Gasteiger partial charge in [-0.3, -0.25) is 9.59 Å². The van der Waals surface area contributed by atoms with Crippen molar-refractivity contribution >= 4 is 17.5 Å². The molecule has 0 unspecified atom stereocenters. The van der Waals surface area contributed by atoms with Gasteiger partial charge in [-0.2, -0.15) is 0 Å². The van der Waals surface area contributed by atoms with E-state index < -0.39 is 0 Å². The first kappa shape index (κ1) is 22.0. The predicted molar refractivity (Wildman–Crippen MR) is 115 cm³/mol. The molecule has 1 fully saturated rings. The summed E-state index contributed by atoms with van der Waals surface area (Å²) in [5.74, 6) is -0.277. The highest BCUT2D eigenvalue weighted by molar-refractivity contribution is 5.95. The monoisotopic (exact) mass is 412 g/mol. The molecule has 2 amide bonds. The largest absolute Gasteiger partial charge is 0.383 e. The van der Waals surface area contributed by atoms with E-state index in [2.05, 4.69) is 5.32 Å². The summed E-state index contributed by atoms with van der Waals surface area (Å²) in [6.45, 7) is 1.28. The van der Waals surface area contributed by atoms with E-state index in [0.717, 1.165) is 42.5 Å². The maximum atomic E-state index is 13.7. The summed E-state index contributed by atoms with van der Waals surface area (Å²) in [6, 6.07) is 13.8. The third kappa shape index (κ3) is 6.13. The van der Waals surface area contributed by atoms with Crippen LogP contribution in [0.2, 0.25) is 0 Å². The number of anilines is 1. The zero-order chi connectivity index (χ0) is 21.3. The van der Waals surface area contributed by atoms with Gasteiger partial charge in [0.2, 0.25) is 11.8 Å². The lowest BCUT2D eigenvalue weighted by Crippen LogP contribution is -2.35. The van der Waals surface area contributed by atoms with Crippen molar-refractivity contribution in [3.05, 3.63) is 65.5 Å². The second-order valence-electron chi connectivity index (χ2n) is 7.72. The van der Waals surface area contributed by atoms with Crippen molar-refractivity contribution in [2.24, 2.45) is 5.92 Å². The van der Waals surface area contributed by atoms with E-state index >= 15 is 0 Å². The van der Waals surface area contributed by atoms with Crippen molar-refractivity contribution in [3.8, 4) is 0 Å². The van der Waals surface area contributed by atoms with Gasteiger partial charge >= 0.3 is 0 Å². The highest BCUT2D eigenvalue weighted by Crippen LogP contribution is 2.30. The Morgan fingerprint density at radius 1 is 1.10 bits per heavy atom. The maximum Gasteiger partial charge on any atom is 0.230 e. The van der Waals surface area contributed by atoms with Crippen molar-refractivity contribution in [3.63, 3.8) is 0 Å². The third-order valence-electron chi connectivity index (χ3n) is 5.44. The Hall–Kier alpha value is -2.73. The second kappa shape index (κ2) is 10.9. The Balaban J connectivity index is 1.73. The first-order valence-electron chi connectivity index (χ1n) is 10.5. The van der Waals surface area contributed by atoms with Crippen molar-refractivity contribution in [1.82, 2.24) is 5.32 Å². The molecule has 1 saturated carbocycles. The minimum absolute atomic E-state index is 0.0183. The normalized spacial score (nSPS) is 13.9. The van der Waals surface area contributed by atoms with Gasteiger partial charge < -0.3 is 15.0 Å². The van der Waals surface area contributed by atoms with Crippen molar-refractivity contribution in [2.45, 2.75) is 38.6 Å². The summed E-state index contributed by atoms with van der Waals surface area (Å²) in [4.78, 5) is 26.9. The molecule has 160 valence electrons. The Morgan fingerprint density at radius 2 is 1.83 bits per heavy atom. The number of rotatable bonds is 9. The number of nitrogens with one attached hydrogen (secondary N) is 1. The summed E-state index contributed by atoms with van der Waals surface area (Å²) in [7, 11) is 1.59. The Morgan fingerprint density at radius 3 is 2.50 bits per heavy atom. The summed E-state index contributed by atoms with van der Waals surface area (Å²) in [6.07, 6.45) is 4.21. The fourth-order valence-electron chi connectivity index (χ4n) is 3.84. The topological polar surface area (TPSA) is 58.6 Å². The lowest BCUT2D eigenvalue weighted by Gasteiger charge is -2.26. The number of carbonyl (C=O) groups excluding carboxylic acids is 2. The minimum Gasteiger partial charge on any atom is -0.383 e. The number of ether oxygens (including phenoxy) is 1. The van der Waals surface area contributed by atoms with Crippen molar-refractivity contribution in [1.29, 1.82) is 0 Å². The highest BCUT2D eigenvalue weighted by Gasteiger charge is 2.28. The molecular formula is C24H29FN2O3. The van der Waals surface area contributed by atoms with Crippen LogP contribution in [0.1, 0.15) is 36.8 Å². The summed E-state index contributed by atoms with van der Waals surface area (Å²) in [5.41, 5.74) is 2.38. The van der Waals surface area contributed by atoms with Crippen LogP contribution in [0, 0.1) is 11.7 Å². The third-order valence-corrected chi connectivity index (χ3v) is 5.44. The number of carbonyl (C=O) groups is 2. The van der Waals surface area contributed by atoms with Crippen LogP contribution in [0.25, 0.3) is 0 Å². The van der Waals surface area contributed by atoms with Gasteiger partial charge in [-0.25, -0.2) is 4.39 Å². The molecule has 0 radical (unpaired) electrons. The first-order chi connectivity index (χ1) is 14.6. The van der Waals surface area contributed by atoms with E-state index in [1.807, 2.05) is 30.3 Å². The average molecular weight is 413 g/mol. The van der Waals surface area contributed by atoms with Crippen molar-refractivity contribution in [2.75, 3.05) is 25.2 Å². The second-order valence-corrected chi connectivity index (χ2v) is 7.72. The number of benzene rings is 2. The molecule has 6 heteroatoms. The molecule has 0 heterocycles. The molecule has 0 atom stereocenters. The average Bonchev–Trinajstić information content (AvgIpc) is 3.27. The van der Waals surface area contributed by atoms with Gasteiger partial charge in [0.1, 0.15) is 5.82 Å². The molecule has 5 nitrogen and oxygen atoms in total.